The van der Waals surface area contributed by atoms with Gasteiger partial charge < -0.3 is 0 Å². The van der Waals surface area contributed by atoms with Crippen LogP contribution in [-0.2, 0) is 16.3 Å². The predicted molar refractivity (Wildman–Crippen MR) is 86.6 cm³/mol. The summed E-state index contributed by atoms with van der Waals surface area (Å²) in [5.74, 6) is 0.0401. The van der Waals surface area contributed by atoms with Crippen LogP contribution in [0.2, 0.25) is 0 Å². The van der Waals surface area contributed by atoms with Crippen molar-refractivity contribution in [3.8, 4) is 0 Å². The van der Waals surface area contributed by atoms with Gasteiger partial charge in [-0.3, -0.25) is 4.79 Å². The number of carbonyl (C=O) groups is 1. The fraction of sp³-hybridized carbons (Fsp3) is 0.500. The van der Waals surface area contributed by atoms with Crippen molar-refractivity contribution in [3.05, 3.63) is 41.0 Å². The highest BCUT2D eigenvalue weighted by Crippen LogP contribution is 2.41. The number of allylic oxidation sites excluding steroid dienone is 1. The monoisotopic (exact) mass is 316 g/mol. The summed E-state index contributed by atoms with van der Waals surface area (Å²) >= 11 is 0. The van der Waals surface area contributed by atoms with Crippen LogP contribution in [0.15, 0.2) is 24.3 Å². The molecule has 2 fully saturated rings. The number of benzene rings is 1. The topological polar surface area (TPSA) is 51.2 Å². The van der Waals surface area contributed by atoms with Gasteiger partial charge in [-0.25, -0.2) is 8.42 Å². The van der Waals surface area contributed by atoms with E-state index in [0.717, 1.165) is 42.4 Å². The van der Waals surface area contributed by atoms with Gasteiger partial charge in [0.15, 0.2) is 15.6 Å². The van der Waals surface area contributed by atoms with Crippen molar-refractivity contribution in [1.82, 2.24) is 0 Å². The van der Waals surface area contributed by atoms with Gasteiger partial charge in [-0.1, -0.05) is 36.8 Å². The number of Topliss-reactive ketones (excluding diaryl/α,β-unsaturated/α-hetero) is 1. The molecule has 1 aliphatic carbocycles. The molecule has 2 unspecified atom stereocenters. The SMILES string of the molecule is O=C(c1cccc2c1CC=C2)C1CC2CCCC(C1)S2(=O)=O. The summed E-state index contributed by atoms with van der Waals surface area (Å²) in [6, 6.07) is 5.88. The van der Waals surface area contributed by atoms with E-state index in [1.165, 1.54) is 0 Å². The molecule has 2 heterocycles. The second-order valence-corrected chi connectivity index (χ2v) is 9.29. The summed E-state index contributed by atoms with van der Waals surface area (Å²) in [5.41, 5.74) is 3.06. The van der Waals surface area contributed by atoms with E-state index in [-0.39, 0.29) is 22.2 Å². The molecule has 0 saturated carbocycles. The zero-order valence-corrected chi connectivity index (χ0v) is 13.3. The van der Waals surface area contributed by atoms with Crippen molar-refractivity contribution in [2.75, 3.05) is 0 Å². The molecule has 3 nitrogen and oxygen atoms in total. The Kier molecular flexibility index (Phi) is 3.26. The first-order chi connectivity index (χ1) is 10.6. The molecule has 2 bridgehead atoms. The van der Waals surface area contributed by atoms with Crippen molar-refractivity contribution in [2.24, 2.45) is 5.92 Å². The summed E-state index contributed by atoms with van der Waals surface area (Å²) < 4.78 is 24.7. The average Bonchev–Trinajstić information content (AvgIpc) is 2.93. The van der Waals surface area contributed by atoms with E-state index < -0.39 is 9.84 Å². The Balaban J connectivity index is 1.64. The van der Waals surface area contributed by atoms with Crippen molar-refractivity contribution >= 4 is 21.7 Å². The fourth-order valence-electron chi connectivity index (χ4n) is 4.37. The maximum Gasteiger partial charge on any atom is 0.166 e. The van der Waals surface area contributed by atoms with Gasteiger partial charge in [0.1, 0.15) is 0 Å². The second kappa shape index (κ2) is 5.05. The Bertz CT molecular complexity index is 741. The Labute approximate surface area is 131 Å². The summed E-state index contributed by atoms with van der Waals surface area (Å²) in [4.78, 5) is 13.0. The third-order valence-electron chi connectivity index (χ3n) is 5.54. The van der Waals surface area contributed by atoms with Crippen LogP contribution in [0.1, 0.15) is 53.6 Å². The molecule has 116 valence electrons. The molecule has 1 aromatic carbocycles. The van der Waals surface area contributed by atoms with E-state index in [2.05, 4.69) is 12.2 Å². The molecule has 2 saturated heterocycles. The summed E-state index contributed by atoms with van der Waals surface area (Å²) in [7, 11) is -2.99. The van der Waals surface area contributed by atoms with E-state index in [4.69, 9.17) is 0 Å². The van der Waals surface area contributed by atoms with Gasteiger partial charge in [0.25, 0.3) is 0 Å². The van der Waals surface area contributed by atoms with Gasteiger partial charge in [0.2, 0.25) is 0 Å². The first kappa shape index (κ1) is 14.2. The molecule has 0 amide bonds. The highest BCUT2D eigenvalue weighted by molar-refractivity contribution is 7.92. The smallest absolute Gasteiger partial charge is 0.166 e. The minimum atomic E-state index is -2.99. The van der Waals surface area contributed by atoms with Gasteiger partial charge in [-0.05, 0) is 43.2 Å². The van der Waals surface area contributed by atoms with Gasteiger partial charge in [-0.15, -0.1) is 0 Å². The van der Waals surface area contributed by atoms with Crippen LogP contribution in [0.25, 0.3) is 6.08 Å². The molecular weight excluding hydrogens is 296 g/mol. The summed E-state index contributed by atoms with van der Waals surface area (Å²) in [5, 5.41) is -0.576. The first-order valence-corrected chi connectivity index (χ1v) is 9.73. The van der Waals surface area contributed by atoms with E-state index >= 15 is 0 Å². The molecule has 0 aromatic heterocycles. The molecule has 2 aliphatic heterocycles. The number of rotatable bonds is 2. The molecule has 0 radical (unpaired) electrons. The second-order valence-electron chi connectivity index (χ2n) is 6.78. The van der Waals surface area contributed by atoms with Crippen LogP contribution in [0.3, 0.4) is 0 Å². The van der Waals surface area contributed by atoms with E-state index in [9.17, 15) is 13.2 Å². The number of carbonyl (C=O) groups excluding carboxylic acids is 1. The van der Waals surface area contributed by atoms with E-state index in [1.54, 1.807) is 0 Å². The van der Waals surface area contributed by atoms with Gasteiger partial charge >= 0.3 is 0 Å². The molecule has 3 aliphatic rings. The molecule has 22 heavy (non-hydrogen) atoms. The minimum Gasteiger partial charge on any atom is -0.294 e. The molecule has 4 rings (SSSR count). The molecular formula is C18H20O3S. The molecule has 2 atom stereocenters. The van der Waals surface area contributed by atoms with Gasteiger partial charge in [0, 0.05) is 11.5 Å². The summed E-state index contributed by atoms with van der Waals surface area (Å²) in [6.07, 6.45) is 8.46. The van der Waals surface area contributed by atoms with Crippen LogP contribution in [0.4, 0.5) is 0 Å². The van der Waals surface area contributed by atoms with Gasteiger partial charge in [-0.2, -0.15) is 0 Å². The van der Waals surface area contributed by atoms with Crippen molar-refractivity contribution in [2.45, 2.75) is 49.0 Å². The Morgan fingerprint density at radius 2 is 1.82 bits per heavy atom. The fourth-order valence-corrected chi connectivity index (χ4v) is 6.90. The van der Waals surface area contributed by atoms with Gasteiger partial charge in [0.05, 0.1) is 10.5 Å². The lowest BCUT2D eigenvalue weighted by atomic mass is 9.83. The van der Waals surface area contributed by atoms with Crippen molar-refractivity contribution in [3.63, 3.8) is 0 Å². The maximum absolute atomic E-state index is 13.0. The molecule has 0 spiro atoms. The lowest BCUT2D eigenvalue weighted by molar-refractivity contribution is 0.0893. The Morgan fingerprint density at radius 3 is 2.55 bits per heavy atom. The lowest BCUT2D eigenvalue weighted by Crippen LogP contribution is -2.45. The third-order valence-corrected chi connectivity index (χ3v) is 8.26. The first-order valence-electron chi connectivity index (χ1n) is 8.12. The largest absolute Gasteiger partial charge is 0.294 e. The summed E-state index contributed by atoms with van der Waals surface area (Å²) in [6.45, 7) is 0. The molecule has 1 aromatic rings. The van der Waals surface area contributed by atoms with E-state index in [0.29, 0.717) is 12.8 Å². The number of hydrogen-bond donors (Lipinski definition) is 0. The van der Waals surface area contributed by atoms with Crippen LogP contribution in [0, 0.1) is 5.92 Å². The Hall–Kier alpha value is -1.42. The van der Waals surface area contributed by atoms with Crippen LogP contribution in [-0.4, -0.2) is 24.7 Å². The highest BCUT2D eigenvalue weighted by atomic mass is 32.2. The van der Waals surface area contributed by atoms with Crippen LogP contribution < -0.4 is 0 Å². The third kappa shape index (κ3) is 2.08. The highest BCUT2D eigenvalue weighted by Gasteiger charge is 2.46. The number of fused-ring (bicyclic) bond motifs is 3. The maximum atomic E-state index is 13.0. The lowest BCUT2D eigenvalue weighted by Gasteiger charge is -2.38. The predicted octanol–water partition coefficient (Wildman–Crippen LogP) is 3.18. The number of ketones is 1. The van der Waals surface area contributed by atoms with E-state index in [1.807, 2.05) is 18.2 Å². The van der Waals surface area contributed by atoms with Crippen LogP contribution in [0.5, 0.6) is 0 Å². The minimum absolute atomic E-state index is 0.120. The quantitative estimate of drug-likeness (QED) is 0.787. The van der Waals surface area contributed by atoms with Crippen molar-refractivity contribution < 1.29 is 13.2 Å². The Morgan fingerprint density at radius 1 is 1.09 bits per heavy atom. The van der Waals surface area contributed by atoms with Crippen LogP contribution >= 0.6 is 0 Å². The molecule has 4 heteroatoms. The normalized spacial score (nSPS) is 31.7. The average molecular weight is 316 g/mol. The number of hydrogen-bond acceptors (Lipinski definition) is 3. The standard InChI is InChI=1S/C18H20O3S/c19-18(17-9-2-5-12-4-1-8-16(12)17)13-10-14-6-3-7-15(11-13)22(14,20)21/h1-2,4-5,9,13-15H,3,6-8,10-11H2. The zero-order valence-electron chi connectivity index (χ0n) is 12.5. The molecule has 0 N–H and O–H groups in total. The number of sulfone groups is 1. The van der Waals surface area contributed by atoms with Crippen molar-refractivity contribution in [1.29, 1.82) is 0 Å². The zero-order chi connectivity index (χ0) is 15.3.